The molecule has 3 aromatic rings. The molecule has 0 atom stereocenters. The summed E-state index contributed by atoms with van der Waals surface area (Å²) in [5, 5.41) is 9.79. The fraction of sp³-hybridized carbons (Fsp3) is 0.286. The average Bonchev–Trinajstić information content (AvgIpc) is 2.83. The summed E-state index contributed by atoms with van der Waals surface area (Å²) in [6, 6.07) is 14.2. The minimum absolute atomic E-state index is 0.635. The Morgan fingerprint density at radius 3 is 2.62 bits per heavy atom. The highest BCUT2D eigenvalue weighted by molar-refractivity contribution is 6.36. The first-order chi connectivity index (χ1) is 12.7. The summed E-state index contributed by atoms with van der Waals surface area (Å²) < 4.78 is 2.01. The van der Waals surface area contributed by atoms with Crippen molar-refractivity contribution in [1.29, 1.82) is 0 Å². The lowest BCUT2D eigenvalue weighted by molar-refractivity contribution is 0.780. The predicted molar refractivity (Wildman–Crippen MR) is 110 cm³/mol. The number of aromatic nitrogens is 2. The Kier molecular flexibility index (Phi) is 4.92. The van der Waals surface area contributed by atoms with E-state index in [9.17, 15) is 0 Å². The van der Waals surface area contributed by atoms with Crippen molar-refractivity contribution in [3.05, 3.63) is 63.6 Å². The van der Waals surface area contributed by atoms with Crippen LogP contribution >= 0.6 is 23.2 Å². The summed E-state index contributed by atoms with van der Waals surface area (Å²) in [4.78, 5) is 0. The largest absolute Gasteiger partial charge is 0.370 e. The second-order valence-electron chi connectivity index (χ2n) is 6.62. The van der Waals surface area contributed by atoms with Crippen molar-refractivity contribution in [3.8, 4) is 16.9 Å². The molecule has 2 heterocycles. The highest BCUT2D eigenvalue weighted by Gasteiger charge is 2.23. The van der Waals surface area contributed by atoms with Crippen LogP contribution in [0.4, 0.5) is 5.82 Å². The number of nitrogens with zero attached hydrogens (tertiary/aromatic N) is 2. The van der Waals surface area contributed by atoms with E-state index in [1.807, 2.05) is 16.8 Å². The molecule has 1 aliphatic heterocycles. The molecule has 0 radical (unpaired) electrons. The van der Waals surface area contributed by atoms with Gasteiger partial charge in [-0.05, 0) is 61.6 Å². The third kappa shape index (κ3) is 3.22. The first kappa shape index (κ1) is 17.4. The van der Waals surface area contributed by atoms with E-state index in [0.29, 0.717) is 10.0 Å². The van der Waals surface area contributed by atoms with E-state index in [1.165, 1.54) is 11.1 Å². The second-order valence-corrected chi connectivity index (χ2v) is 7.46. The van der Waals surface area contributed by atoms with Crippen LogP contribution in [-0.2, 0) is 12.8 Å². The number of nitrogens with one attached hydrogen (secondary N) is 1. The van der Waals surface area contributed by atoms with Crippen molar-refractivity contribution < 1.29 is 0 Å². The van der Waals surface area contributed by atoms with Gasteiger partial charge in [-0.1, -0.05) is 42.3 Å². The van der Waals surface area contributed by atoms with Gasteiger partial charge in [-0.25, -0.2) is 4.68 Å². The van der Waals surface area contributed by atoms with Crippen molar-refractivity contribution >= 4 is 29.0 Å². The van der Waals surface area contributed by atoms with Crippen molar-refractivity contribution in [1.82, 2.24) is 9.78 Å². The minimum Gasteiger partial charge on any atom is -0.370 e. The van der Waals surface area contributed by atoms with E-state index in [1.54, 1.807) is 6.07 Å². The van der Waals surface area contributed by atoms with Gasteiger partial charge in [-0.15, -0.1) is 0 Å². The molecule has 0 fully saturated rings. The van der Waals surface area contributed by atoms with Crippen LogP contribution in [0.1, 0.15) is 30.9 Å². The summed E-state index contributed by atoms with van der Waals surface area (Å²) in [6.45, 7) is 3.12. The molecular weight excluding hydrogens is 365 g/mol. The standard InChI is InChI=1S/C21H21Cl2N3/c1-2-14-6-9-16(10-7-14)26-21-18(5-3-4-12-24-21)20(25-26)17-11-8-15(22)13-19(17)23/h6-11,13,24H,2-5,12H2,1H3. The summed E-state index contributed by atoms with van der Waals surface area (Å²) in [5.74, 6) is 1.08. The molecule has 0 saturated carbocycles. The fourth-order valence-electron chi connectivity index (χ4n) is 3.46. The third-order valence-electron chi connectivity index (χ3n) is 4.90. The Labute approximate surface area is 163 Å². The molecule has 5 heteroatoms. The van der Waals surface area contributed by atoms with E-state index < -0.39 is 0 Å². The van der Waals surface area contributed by atoms with Crippen molar-refractivity contribution in [2.45, 2.75) is 32.6 Å². The number of anilines is 1. The zero-order valence-electron chi connectivity index (χ0n) is 14.7. The van der Waals surface area contributed by atoms with Crippen LogP contribution in [-0.4, -0.2) is 16.3 Å². The van der Waals surface area contributed by atoms with Crippen molar-refractivity contribution in [3.63, 3.8) is 0 Å². The van der Waals surface area contributed by atoms with Crippen LogP contribution < -0.4 is 5.32 Å². The average molecular weight is 386 g/mol. The van der Waals surface area contributed by atoms with Crippen molar-refractivity contribution in [2.24, 2.45) is 0 Å². The number of hydrogen-bond donors (Lipinski definition) is 1. The van der Waals surface area contributed by atoms with Crippen LogP contribution in [0.5, 0.6) is 0 Å². The van der Waals surface area contributed by atoms with E-state index >= 15 is 0 Å². The molecule has 2 aromatic carbocycles. The lowest BCUT2D eigenvalue weighted by Gasteiger charge is -2.09. The van der Waals surface area contributed by atoms with E-state index in [4.69, 9.17) is 28.3 Å². The normalized spacial score (nSPS) is 13.8. The smallest absolute Gasteiger partial charge is 0.133 e. The SMILES string of the molecule is CCc1ccc(-n2nc(-c3ccc(Cl)cc3Cl)c3c2NCCCC3)cc1. The van der Waals surface area contributed by atoms with Crippen LogP contribution in [0.25, 0.3) is 16.9 Å². The second kappa shape index (κ2) is 7.34. The quantitative estimate of drug-likeness (QED) is 0.585. The fourth-order valence-corrected chi connectivity index (χ4v) is 3.96. The number of rotatable bonds is 3. The Balaban J connectivity index is 1.88. The highest BCUT2D eigenvalue weighted by Crippen LogP contribution is 2.37. The van der Waals surface area contributed by atoms with E-state index in [0.717, 1.165) is 55.0 Å². The Bertz CT molecular complexity index is 929. The van der Waals surface area contributed by atoms with Gasteiger partial charge in [0.05, 0.1) is 16.4 Å². The molecule has 3 nitrogen and oxygen atoms in total. The molecule has 1 aromatic heterocycles. The maximum atomic E-state index is 6.49. The molecule has 0 amide bonds. The van der Waals surface area contributed by atoms with E-state index in [2.05, 4.69) is 36.5 Å². The number of aryl methyl sites for hydroxylation is 1. The molecule has 26 heavy (non-hydrogen) atoms. The molecule has 0 aliphatic carbocycles. The monoisotopic (exact) mass is 385 g/mol. The minimum atomic E-state index is 0.635. The summed E-state index contributed by atoms with van der Waals surface area (Å²) in [6.07, 6.45) is 4.31. The van der Waals surface area contributed by atoms with Gasteiger partial charge in [0.1, 0.15) is 5.82 Å². The van der Waals surface area contributed by atoms with Gasteiger partial charge in [-0.3, -0.25) is 0 Å². The summed E-state index contributed by atoms with van der Waals surface area (Å²) >= 11 is 12.6. The Morgan fingerprint density at radius 1 is 1.08 bits per heavy atom. The number of halogens is 2. The van der Waals surface area contributed by atoms with E-state index in [-0.39, 0.29) is 0 Å². The maximum Gasteiger partial charge on any atom is 0.133 e. The molecule has 1 aliphatic rings. The van der Waals surface area contributed by atoms with Gasteiger partial charge in [0, 0.05) is 22.7 Å². The van der Waals surface area contributed by atoms with Gasteiger partial charge < -0.3 is 5.32 Å². The van der Waals surface area contributed by atoms with Crippen LogP contribution in [0.2, 0.25) is 10.0 Å². The molecule has 0 bridgehead atoms. The Morgan fingerprint density at radius 2 is 1.88 bits per heavy atom. The number of benzene rings is 2. The van der Waals surface area contributed by atoms with Crippen LogP contribution in [0.3, 0.4) is 0 Å². The molecule has 0 spiro atoms. The zero-order chi connectivity index (χ0) is 18.1. The summed E-state index contributed by atoms with van der Waals surface area (Å²) in [5.41, 5.74) is 5.48. The lowest BCUT2D eigenvalue weighted by Crippen LogP contribution is -2.07. The van der Waals surface area contributed by atoms with Gasteiger partial charge in [0.25, 0.3) is 0 Å². The summed E-state index contributed by atoms with van der Waals surface area (Å²) in [7, 11) is 0. The molecule has 134 valence electrons. The maximum absolute atomic E-state index is 6.49. The first-order valence-electron chi connectivity index (χ1n) is 9.08. The molecule has 0 unspecified atom stereocenters. The number of hydrogen-bond acceptors (Lipinski definition) is 2. The van der Waals surface area contributed by atoms with Crippen molar-refractivity contribution in [2.75, 3.05) is 11.9 Å². The molecule has 1 N–H and O–H groups in total. The molecular formula is C21H21Cl2N3. The lowest BCUT2D eigenvalue weighted by atomic mass is 10.0. The highest BCUT2D eigenvalue weighted by atomic mass is 35.5. The predicted octanol–water partition coefficient (Wildman–Crippen LogP) is 6.16. The van der Waals surface area contributed by atoms with Crippen LogP contribution in [0, 0.1) is 0 Å². The first-order valence-corrected chi connectivity index (χ1v) is 9.83. The third-order valence-corrected chi connectivity index (χ3v) is 5.45. The van der Waals surface area contributed by atoms with Gasteiger partial charge in [-0.2, -0.15) is 5.10 Å². The van der Waals surface area contributed by atoms with Gasteiger partial charge in [0.15, 0.2) is 0 Å². The van der Waals surface area contributed by atoms with Crippen LogP contribution in [0.15, 0.2) is 42.5 Å². The molecule has 4 rings (SSSR count). The zero-order valence-corrected chi connectivity index (χ0v) is 16.2. The van der Waals surface area contributed by atoms with Gasteiger partial charge in [0.2, 0.25) is 0 Å². The van der Waals surface area contributed by atoms with Gasteiger partial charge >= 0.3 is 0 Å². The Hall–Kier alpha value is -1.97. The number of fused-ring (bicyclic) bond motifs is 1. The topological polar surface area (TPSA) is 29.9 Å². The molecule has 0 saturated heterocycles.